The Morgan fingerprint density at radius 2 is 2.07 bits per heavy atom. The van der Waals surface area contributed by atoms with Crippen molar-refractivity contribution in [1.29, 1.82) is 0 Å². The first kappa shape index (κ1) is 11.3. The second kappa shape index (κ2) is 5.20. The Hall–Kier alpha value is -0.760. The quantitative estimate of drug-likeness (QED) is 0.556. The summed E-state index contributed by atoms with van der Waals surface area (Å²) in [6, 6.07) is 6.15. The van der Waals surface area contributed by atoms with Gasteiger partial charge in [0.25, 0.3) is 0 Å². The largest absolute Gasteiger partial charge is 0.294 e. The maximum atomic E-state index is 11.7. The molecule has 0 amide bonds. The van der Waals surface area contributed by atoms with E-state index in [4.69, 9.17) is 0 Å². The Kier molecular flexibility index (Phi) is 4.21. The molecule has 0 aliphatic heterocycles. The average molecular weight is 208 g/mol. The van der Waals surface area contributed by atoms with Crippen molar-refractivity contribution in [2.75, 3.05) is 6.26 Å². The molecule has 2 heteroatoms. The zero-order valence-corrected chi connectivity index (χ0v) is 9.78. The van der Waals surface area contributed by atoms with Gasteiger partial charge in [-0.15, -0.1) is 11.8 Å². The zero-order valence-electron chi connectivity index (χ0n) is 8.96. The number of ketones is 1. The molecule has 1 aromatic carbocycles. The van der Waals surface area contributed by atoms with Crippen LogP contribution in [0.15, 0.2) is 23.1 Å². The predicted molar refractivity (Wildman–Crippen MR) is 62.2 cm³/mol. The third kappa shape index (κ3) is 2.38. The summed E-state index contributed by atoms with van der Waals surface area (Å²) >= 11 is 1.68. The minimum absolute atomic E-state index is 0.248. The number of rotatable bonds is 4. The van der Waals surface area contributed by atoms with Crippen molar-refractivity contribution >= 4 is 17.5 Å². The first-order chi connectivity index (χ1) is 6.72. The van der Waals surface area contributed by atoms with Crippen LogP contribution in [-0.4, -0.2) is 12.0 Å². The highest BCUT2D eigenvalue weighted by atomic mass is 32.2. The summed E-state index contributed by atoms with van der Waals surface area (Å²) in [6.07, 6.45) is 3.54. The molecule has 0 bridgehead atoms. The highest BCUT2D eigenvalue weighted by Gasteiger charge is 2.08. The van der Waals surface area contributed by atoms with Gasteiger partial charge in [0.1, 0.15) is 0 Å². The molecule has 0 aliphatic rings. The Labute approximate surface area is 89.9 Å². The van der Waals surface area contributed by atoms with Gasteiger partial charge in [-0.1, -0.05) is 19.9 Å². The van der Waals surface area contributed by atoms with Crippen LogP contribution in [0, 0.1) is 0 Å². The van der Waals surface area contributed by atoms with Gasteiger partial charge < -0.3 is 0 Å². The molecular weight excluding hydrogens is 192 g/mol. The Bertz CT molecular complexity index is 331. The normalized spacial score (nSPS) is 10.2. The number of hydrogen-bond acceptors (Lipinski definition) is 2. The van der Waals surface area contributed by atoms with E-state index in [-0.39, 0.29) is 5.78 Å². The molecule has 0 fully saturated rings. The van der Waals surface area contributed by atoms with Crippen molar-refractivity contribution in [2.45, 2.75) is 31.6 Å². The number of hydrogen-bond donors (Lipinski definition) is 0. The summed E-state index contributed by atoms with van der Waals surface area (Å²) in [5.41, 5.74) is 2.07. The number of aryl methyl sites for hydroxylation is 1. The second-order valence-electron chi connectivity index (χ2n) is 3.15. The van der Waals surface area contributed by atoms with Crippen LogP contribution in [0.25, 0.3) is 0 Å². The predicted octanol–water partition coefficient (Wildman–Crippen LogP) is 3.56. The molecule has 14 heavy (non-hydrogen) atoms. The second-order valence-corrected chi connectivity index (χ2v) is 4.03. The Morgan fingerprint density at radius 3 is 2.57 bits per heavy atom. The average Bonchev–Trinajstić information content (AvgIpc) is 2.27. The zero-order chi connectivity index (χ0) is 10.6. The number of carbonyl (C=O) groups is 1. The fourth-order valence-electron chi connectivity index (χ4n) is 1.44. The molecule has 0 unspecified atom stereocenters. The summed E-state index contributed by atoms with van der Waals surface area (Å²) < 4.78 is 0. The number of carbonyl (C=O) groups excluding carboxylic acids is 1. The highest BCUT2D eigenvalue weighted by Crippen LogP contribution is 2.21. The monoisotopic (exact) mass is 208 g/mol. The van der Waals surface area contributed by atoms with Gasteiger partial charge in [0.05, 0.1) is 0 Å². The van der Waals surface area contributed by atoms with Crippen LogP contribution >= 0.6 is 11.8 Å². The maximum absolute atomic E-state index is 11.7. The van der Waals surface area contributed by atoms with Crippen LogP contribution in [0.3, 0.4) is 0 Å². The van der Waals surface area contributed by atoms with Gasteiger partial charge in [-0.3, -0.25) is 4.79 Å². The molecule has 0 aromatic heterocycles. The molecule has 0 aliphatic carbocycles. The van der Waals surface area contributed by atoms with E-state index in [1.807, 2.05) is 19.2 Å². The van der Waals surface area contributed by atoms with Gasteiger partial charge in [0.2, 0.25) is 0 Å². The van der Waals surface area contributed by atoms with Crippen LogP contribution < -0.4 is 0 Å². The van der Waals surface area contributed by atoms with Crippen LogP contribution in [0.1, 0.15) is 36.2 Å². The van der Waals surface area contributed by atoms with E-state index in [1.54, 1.807) is 11.8 Å². The van der Waals surface area contributed by atoms with Gasteiger partial charge in [-0.25, -0.2) is 0 Å². The van der Waals surface area contributed by atoms with Gasteiger partial charge in [-0.2, -0.15) is 0 Å². The van der Waals surface area contributed by atoms with E-state index >= 15 is 0 Å². The fraction of sp³-hybridized carbons (Fsp3) is 0.417. The number of Topliss-reactive ketones (excluding diaryl/α,β-unsaturated/α-hetero) is 1. The summed E-state index contributed by atoms with van der Waals surface area (Å²) in [5, 5.41) is 0. The van der Waals surface area contributed by atoms with Crippen molar-refractivity contribution < 1.29 is 4.79 Å². The highest BCUT2D eigenvalue weighted by molar-refractivity contribution is 7.98. The molecule has 1 rings (SSSR count). The lowest BCUT2D eigenvalue weighted by Crippen LogP contribution is -2.01. The molecule has 0 saturated heterocycles. The molecular formula is C12H16OS. The molecule has 0 N–H and O–H groups in total. The van der Waals surface area contributed by atoms with E-state index in [0.29, 0.717) is 6.42 Å². The maximum Gasteiger partial charge on any atom is 0.162 e. The molecule has 1 nitrogen and oxygen atoms in total. The lowest BCUT2D eigenvalue weighted by atomic mass is 10.0. The van der Waals surface area contributed by atoms with E-state index in [9.17, 15) is 4.79 Å². The minimum Gasteiger partial charge on any atom is -0.294 e. The molecule has 76 valence electrons. The molecule has 0 heterocycles. The smallest absolute Gasteiger partial charge is 0.162 e. The molecule has 0 spiro atoms. The molecule has 0 atom stereocenters. The minimum atomic E-state index is 0.248. The lowest BCUT2D eigenvalue weighted by Gasteiger charge is -2.07. The van der Waals surface area contributed by atoms with Crippen molar-refractivity contribution in [3.63, 3.8) is 0 Å². The van der Waals surface area contributed by atoms with E-state index < -0.39 is 0 Å². The molecule has 1 aromatic rings. The first-order valence-corrected chi connectivity index (χ1v) is 6.15. The van der Waals surface area contributed by atoms with E-state index in [1.165, 1.54) is 4.90 Å². The number of benzene rings is 1. The van der Waals surface area contributed by atoms with Crippen molar-refractivity contribution in [2.24, 2.45) is 0 Å². The van der Waals surface area contributed by atoms with Crippen LogP contribution in [0.5, 0.6) is 0 Å². The van der Waals surface area contributed by atoms with Gasteiger partial charge >= 0.3 is 0 Å². The lowest BCUT2D eigenvalue weighted by molar-refractivity contribution is 0.0987. The van der Waals surface area contributed by atoms with Gasteiger partial charge in [0.15, 0.2) is 5.78 Å². The van der Waals surface area contributed by atoms with Crippen LogP contribution in [0.4, 0.5) is 0 Å². The summed E-state index contributed by atoms with van der Waals surface area (Å²) in [7, 11) is 0. The standard InChI is InChI=1S/C12H16OS/c1-4-9-6-7-10(14-3)8-11(9)12(13)5-2/h6-8H,4-5H2,1-3H3. The van der Waals surface area contributed by atoms with Crippen molar-refractivity contribution in [1.82, 2.24) is 0 Å². The summed E-state index contributed by atoms with van der Waals surface area (Å²) in [5.74, 6) is 0.248. The van der Waals surface area contributed by atoms with E-state index in [0.717, 1.165) is 17.5 Å². The van der Waals surface area contributed by atoms with Gasteiger partial charge in [0, 0.05) is 16.9 Å². The first-order valence-electron chi connectivity index (χ1n) is 4.93. The third-order valence-electron chi connectivity index (χ3n) is 2.32. The molecule has 0 radical (unpaired) electrons. The summed E-state index contributed by atoms with van der Waals surface area (Å²) in [6.45, 7) is 3.99. The van der Waals surface area contributed by atoms with E-state index in [2.05, 4.69) is 19.1 Å². The van der Waals surface area contributed by atoms with Gasteiger partial charge in [-0.05, 0) is 30.4 Å². The topological polar surface area (TPSA) is 17.1 Å². The third-order valence-corrected chi connectivity index (χ3v) is 3.04. The van der Waals surface area contributed by atoms with Crippen molar-refractivity contribution in [3.05, 3.63) is 29.3 Å². The SMILES string of the molecule is CCC(=O)c1cc(SC)ccc1CC. The van der Waals surface area contributed by atoms with Crippen LogP contribution in [-0.2, 0) is 6.42 Å². The van der Waals surface area contributed by atoms with Crippen molar-refractivity contribution in [3.8, 4) is 0 Å². The fourth-order valence-corrected chi connectivity index (χ4v) is 1.88. The van der Waals surface area contributed by atoms with Crippen LogP contribution in [0.2, 0.25) is 0 Å². The molecule has 0 saturated carbocycles. The Morgan fingerprint density at radius 1 is 1.36 bits per heavy atom. The summed E-state index contributed by atoms with van der Waals surface area (Å²) in [4.78, 5) is 12.8. The number of thioether (sulfide) groups is 1. The Balaban J connectivity index is 3.14.